The molecule has 3 nitrogen and oxygen atoms in total. The second kappa shape index (κ2) is 4.42. The summed E-state index contributed by atoms with van der Waals surface area (Å²) >= 11 is 0. The normalized spacial score (nSPS) is 13.9. The number of hydrogen-bond acceptors (Lipinski definition) is 2. The summed E-state index contributed by atoms with van der Waals surface area (Å²) in [5, 5.41) is 2.73. The lowest BCUT2D eigenvalue weighted by molar-refractivity contribution is 0.0945. The molecule has 0 aliphatic carbocycles. The number of fused-ring (bicyclic) bond motifs is 1. The van der Waals surface area contributed by atoms with Crippen molar-refractivity contribution in [3.05, 3.63) is 53.2 Å². The van der Waals surface area contributed by atoms with Gasteiger partial charge >= 0.3 is 0 Å². The van der Waals surface area contributed by atoms with Gasteiger partial charge in [-0.15, -0.1) is 0 Å². The highest BCUT2D eigenvalue weighted by atomic mass is 19.2. The lowest BCUT2D eigenvalue weighted by atomic mass is 10.0. The molecule has 0 unspecified atom stereocenters. The molecule has 1 aliphatic rings. The van der Waals surface area contributed by atoms with Crippen LogP contribution in [0.2, 0.25) is 0 Å². The summed E-state index contributed by atoms with van der Waals surface area (Å²) in [5.74, 6) is -1.94. The number of nitrogens with zero attached hydrogens (tertiary/aromatic N) is 1. The second-order valence-corrected chi connectivity index (χ2v) is 4.33. The fraction of sp³-hybridized carbons (Fsp3) is 0.143. The summed E-state index contributed by atoms with van der Waals surface area (Å²) in [7, 11) is 0. The molecule has 0 atom stereocenters. The molecule has 3 rings (SSSR count). The van der Waals surface area contributed by atoms with Gasteiger partial charge in [0.25, 0.3) is 5.91 Å². The van der Waals surface area contributed by atoms with Crippen LogP contribution in [0, 0.1) is 11.6 Å². The SMILES string of the molecule is O=C1NCCc2nc(-c3ccc(F)c(F)c3)ccc21. The largest absolute Gasteiger partial charge is 0.352 e. The Morgan fingerprint density at radius 1 is 1.11 bits per heavy atom. The van der Waals surface area contributed by atoms with Gasteiger partial charge in [-0.05, 0) is 30.3 Å². The van der Waals surface area contributed by atoms with Crippen molar-refractivity contribution in [2.45, 2.75) is 6.42 Å². The monoisotopic (exact) mass is 260 g/mol. The summed E-state index contributed by atoms with van der Waals surface area (Å²) < 4.78 is 26.1. The Morgan fingerprint density at radius 3 is 2.74 bits per heavy atom. The Balaban J connectivity index is 2.06. The summed E-state index contributed by atoms with van der Waals surface area (Å²) in [6.45, 7) is 0.542. The summed E-state index contributed by atoms with van der Waals surface area (Å²) in [6.07, 6.45) is 0.637. The van der Waals surface area contributed by atoms with Gasteiger partial charge in [-0.2, -0.15) is 0 Å². The molecule has 0 saturated carbocycles. The highest BCUT2D eigenvalue weighted by Gasteiger charge is 2.18. The van der Waals surface area contributed by atoms with Crippen LogP contribution < -0.4 is 5.32 Å². The minimum Gasteiger partial charge on any atom is -0.352 e. The zero-order valence-electron chi connectivity index (χ0n) is 9.91. The number of rotatable bonds is 1. The molecular weight excluding hydrogens is 250 g/mol. The predicted octanol–water partition coefficient (Wildman–Crippen LogP) is 2.31. The number of pyridine rings is 1. The smallest absolute Gasteiger partial charge is 0.253 e. The quantitative estimate of drug-likeness (QED) is 0.855. The third kappa shape index (κ3) is 2.07. The van der Waals surface area contributed by atoms with Crippen LogP contribution in [0.5, 0.6) is 0 Å². The van der Waals surface area contributed by atoms with Crippen molar-refractivity contribution in [3.63, 3.8) is 0 Å². The molecule has 96 valence electrons. The molecule has 19 heavy (non-hydrogen) atoms. The highest BCUT2D eigenvalue weighted by molar-refractivity contribution is 5.96. The van der Waals surface area contributed by atoms with Crippen LogP contribution in [0.3, 0.4) is 0 Å². The van der Waals surface area contributed by atoms with Gasteiger partial charge in [-0.3, -0.25) is 9.78 Å². The number of carbonyl (C=O) groups excluding carboxylic acids is 1. The van der Waals surface area contributed by atoms with Crippen molar-refractivity contribution >= 4 is 5.91 Å². The van der Waals surface area contributed by atoms with E-state index in [0.717, 1.165) is 12.1 Å². The summed E-state index contributed by atoms with van der Waals surface area (Å²) in [6, 6.07) is 6.94. The molecule has 1 aromatic carbocycles. The highest BCUT2D eigenvalue weighted by Crippen LogP contribution is 2.22. The fourth-order valence-corrected chi connectivity index (χ4v) is 2.10. The molecule has 2 heterocycles. The molecule has 1 aliphatic heterocycles. The van der Waals surface area contributed by atoms with Crippen LogP contribution in [0.1, 0.15) is 16.1 Å². The molecule has 2 aromatic rings. The number of amides is 1. The number of aromatic nitrogens is 1. The summed E-state index contributed by atoms with van der Waals surface area (Å²) in [5.41, 5.74) is 2.25. The molecule has 0 saturated heterocycles. The Kier molecular flexibility index (Phi) is 2.74. The molecule has 0 bridgehead atoms. The van der Waals surface area contributed by atoms with Crippen molar-refractivity contribution in [2.24, 2.45) is 0 Å². The van der Waals surface area contributed by atoms with Crippen LogP contribution in [0.25, 0.3) is 11.3 Å². The fourth-order valence-electron chi connectivity index (χ4n) is 2.10. The molecule has 0 fully saturated rings. The van der Waals surface area contributed by atoms with Gasteiger partial charge < -0.3 is 5.32 Å². The molecule has 1 amide bonds. The van der Waals surface area contributed by atoms with Gasteiger partial charge in [0.05, 0.1) is 17.0 Å². The van der Waals surface area contributed by atoms with E-state index < -0.39 is 11.6 Å². The lowest BCUT2D eigenvalue weighted by Crippen LogP contribution is -2.32. The van der Waals surface area contributed by atoms with Gasteiger partial charge in [0.1, 0.15) is 0 Å². The van der Waals surface area contributed by atoms with Crippen molar-refractivity contribution in [1.82, 2.24) is 10.3 Å². The van der Waals surface area contributed by atoms with Crippen molar-refractivity contribution in [1.29, 1.82) is 0 Å². The van der Waals surface area contributed by atoms with Crippen LogP contribution in [-0.4, -0.2) is 17.4 Å². The van der Waals surface area contributed by atoms with Crippen LogP contribution in [-0.2, 0) is 6.42 Å². The van der Waals surface area contributed by atoms with Crippen LogP contribution in [0.15, 0.2) is 30.3 Å². The van der Waals surface area contributed by atoms with E-state index in [0.29, 0.717) is 35.5 Å². The molecule has 1 N–H and O–H groups in total. The third-order valence-corrected chi connectivity index (χ3v) is 3.08. The Morgan fingerprint density at radius 2 is 1.95 bits per heavy atom. The zero-order valence-corrected chi connectivity index (χ0v) is 9.91. The lowest BCUT2D eigenvalue weighted by Gasteiger charge is -2.16. The first-order chi connectivity index (χ1) is 9.15. The second-order valence-electron chi connectivity index (χ2n) is 4.33. The first kappa shape index (κ1) is 11.8. The molecule has 5 heteroatoms. The van der Waals surface area contributed by atoms with Crippen LogP contribution >= 0.6 is 0 Å². The van der Waals surface area contributed by atoms with E-state index >= 15 is 0 Å². The zero-order chi connectivity index (χ0) is 13.4. The number of hydrogen-bond donors (Lipinski definition) is 1. The Bertz CT molecular complexity index is 670. The van der Waals surface area contributed by atoms with Crippen molar-refractivity contribution in [3.8, 4) is 11.3 Å². The molecule has 0 radical (unpaired) electrons. The third-order valence-electron chi connectivity index (χ3n) is 3.08. The number of halogens is 2. The van der Waals surface area contributed by atoms with E-state index in [1.165, 1.54) is 6.07 Å². The molecule has 0 spiro atoms. The summed E-state index contributed by atoms with van der Waals surface area (Å²) in [4.78, 5) is 15.9. The van der Waals surface area contributed by atoms with E-state index in [1.54, 1.807) is 12.1 Å². The first-order valence-electron chi connectivity index (χ1n) is 5.89. The Labute approximate surface area is 108 Å². The topological polar surface area (TPSA) is 42.0 Å². The minimum absolute atomic E-state index is 0.148. The average molecular weight is 260 g/mol. The Hall–Kier alpha value is -2.30. The first-order valence-corrected chi connectivity index (χ1v) is 5.89. The van der Waals surface area contributed by atoms with Gasteiger partial charge in [0.15, 0.2) is 11.6 Å². The van der Waals surface area contributed by atoms with E-state index in [1.807, 2.05) is 0 Å². The average Bonchev–Trinajstić information content (AvgIpc) is 2.42. The van der Waals surface area contributed by atoms with Crippen molar-refractivity contribution < 1.29 is 13.6 Å². The number of carbonyl (C=O) groups is 1. The minimum atomic E-state index is -0.908. The van der Waals surface area contributed by atoms with Gasteiger partial charge in [0.2, 0.25) is 0 Å². The van der Waals surface area contributed by atoms with E-state index in [-0.39, 0.29) is 5.91 Å². The van der Waals surface area contributed by atoms with E-state index in [9.17, 15) is 13.6 Å². The maximum absolute atomic E-state index is 13.2. The van der Waals surface area contributed by atoms with Gasteiger partial charge in [-0.1, -0.05) is 0 Å². The van der Waals surface area contributed by atoms with Crippen LogP contribution in [0.4, 0.5) is 8.78 Å². The van der Waals surface area contributed by atoms with E-state index in [2.05, 4.69) is 10.3 Å². The maximum atomic E-state index is 13.2. The van der Waals surface area contributed by atoms with Gasteiger partial charge in [0, 0.05) is 18.5 Å². The number of nitrogens with one attached hydrogen (secondary N) is 1. The molecular formula is C14H10F2N2O. The van der Waals surface area contributed by atoms with E-state index in [4.69, 9.17) is 0 Å². The van der Waals surface area contributed by atoms with Gasteiger partial charge in [-0.25, -0.2) is 8.78 Å². The standard InChI is InChI=1S/C14H10F2N2O/c15-10-3-1-8(7-11(10)16)12-4-2-9-13(18-12)5-6-17-14(9)19/h1-4,7H,5-6H2,(H,17,19). The van der Waals surface area contributed by atoms with Crippen molar-refractivity contribution in [2.75, 3.05) is 6.54 Å². The predicted molar refractivity (Wildman–Crippen MR) is 65.6 cm³/mol. The molecule has 1 aromatic heterocycles. The maximum Gasteiger partial charge on any atom is 0.253 e. The number of benzene rings is 1.